The molecule has 3 aromatic rings. The van der Waals surface area contributed by atoms with Crippen LogP contribution in [0.3, 0.4) is 0 Å². The first-order valence-corrected chi connectivity index (χ1v) is 5.78. The summed E-state index contributed by atoms with van der Waals surface area (Å²) in [5.41, 5.74) is 2.81. The Bertz CT molecular complexity index is 705. The minimum Gasteiger partial charge on any atom is -0.296 e. The van der Waals surface area contributed by atoms with Gasteiger partial charge in [0.15, 0.2) is 6.29 Å². The van der Waals surface area contributed by atoms with Crippen molar-refractivity contribution in [2.75, 3.05) is 0 Å². The van der Waals surface area contributed by atoms with Crippen LogP contribution in [0.2, 0.25) is 0 Å². The molecule has 0 aliphatic carbocycles. The van der Waals surface area contributed by atoms with E-state index in [2.05, 4.69) is 23.2 Å². The fourth-order valence-electron chi connectivity index (χ4n) is 2.11. The molecule has 2 aromatic carbocycles. The number of hydrogen-bond acceptors (Lipinski definition) is 2. The number of carbonyl (C=O) groups excluding carboxylic acids is 1. The van der Waals surface area contributed by atoms with Gasteiger partial charge in [-0.1, -0.05) is 42.5 Å². The predicted molar refractivity (Wildman–Crippen MR) is 72.6 cm³/mol. The molecule has 86 valence electrons. The third kappa shape index (κ3) is 1.78. The van der Waals surface area contributed by atoms with Gasteiger partial charge in [-0.3, -0.25) is 9.78 Å². The highest BCUT2D eigenvalue weighted by atomic mass is 16.1. The Kier molecular flexibility index (Phi) is 2.61. The molecule has 3 rings (SSSR count). The molecule has 0 N–H and O–H groups in total. The first-order chi connectivity index (χ1) is 8.88. The number of nitrogens with zero attached hydrogens (tertiary/aromatic N) is 1. The van der Waals surface area contributed by atoms with E-state index in [4.69, 9.17) is 0 Å². The highest BCUT2D eigenvalue weighted by Gasteiger charge is 2.03. The lowest BCUT2D eigenvalue weighted by Gasteiger charge is -2.05. The zero-order valence-corrected chi connectivity index (χ0v) is 9.71. The third-order valence-corrected chi connectivity index (χ3v) is 3.01. The van der Waals surface area contributed by atoms with Crippen molar-refractivity contribution in [2.45, 2.75) is 0 Å². The molecule has 1 aromatic heterocycles. The zero-order chi connectivity index (χ0) is 12.4. The van der Waals surface area contributed by atoms with Gasteiger partial charge in [-0.05, 0) is 28.6 Å². The molecule has 2 nitrogen and oxygen atoms in total. The lowest BCUT2D eigenvalue weighted by Crippen LogP contribution is -1.88. The minimum atomic E-state index is 0.493. The molecule has 0 bridgehead atoms. The average molecular weight is 233 g/mol. The SMILES string of the molecule is O=Cc1nccc2cc(-c3ccccc3)ccc12. The van der Waals surface area contributed by atoms with E-state index >= 15 is 0 Å². The van der Waals surface area contributed by atoms with Crippen LogP contribution in [0.25, 0.3) is 21.9 Å². The lowest BCUT2D eigenvalue weighted by atomic mass is 10.0. The van der Waals surface area contributed by atoms with Crippen LogP contribution in [0.5, 0.6) is 0 Å². The summed E-state index contributed by atoms with van der Waals surface area (Å²) in [6.07, 6.45) is 2.46. The van der Waals surface area contributed by atoms with Gasteiger partial charge in [0.2, 0.25) is 0 Å². The van der Waals surface area contributed by atoms with Gasteiger partial charge < -0.3 is 0 Å². The van der Waals surface area contributed by atoms with Crippen LogP contribution in [-0.4, -0.2) is 11.3 Å². The minimum absolute atomic E-state index is 0.493. The summed E-state index contributed by atoms with van der Waals surface area (Å²) in [4.78, 5) is 15.0. The number of aromatic nitrogens is 1. The van der Waals surface area contributed by atoms with E-state index in [0.29, 0.717) is 5.69 Å². The van der Waals surface area contributed by atoms with Crippen molar-refractivity contribution in [1.29, 1.82) is 0 Å². The van der Waals surface area contributed by atoms with Crippen molar-refractivity contribution in [3.8, 4) is 11.1 Å². The summed E-state index contributed by atoms with van der Waals surface area (Å²) in [7, 11) is 0. The fourth-order valence-corrected chi connectivity index (χ4v) is 2.11. The second kappa shape index (κ2) is 4.41. The van der Waals surface area contributed by atoms with E-state index in [9.17, 15) is 4.79 Å². The van der Waals surface area contributed by atoms with Crippen molar-refractivity contribution in [3.05, 3.63) is 66.5 Å². The summed E-state index contributed by atoms with van der Waals surface area (Å²) < 4.78 is 0. The van der Waals surface area contributed by atoms with Crippen LogP contribution in [0, 0.1) is 0 Å². The molecule has 0 saturated heterocycles. The van der Waals surface area contributed by atoms with Crippen LogP contribution in [-0.2, 0) is 0 Å². The van der Waals surface area contributed by atoms with Crippen LogP contribution < -0.4 is 0 Å². The summed E-state index contributed by atoms with van der Waals surface area (Å²) in [6, 6.07) is 18.2. The van der Waals surface area contributed by atoms with E-state index in [0.717, 1.165) is 22.6 Å². The fraction of sp³-hybridized carbons (Fsp3) is 0. The maximum Gasteiger partial charge on any atom is 0.169 e. The topological polar surface area (TPSA) is 30.0 Å². The molecular formula is C16H11NO. The summed E-state index contributed by atoms with van der Waals surface area (Å²) in [5, 5.41) is 1.93. The first kappa shape index (κ1) is 10.7. The highest BCUT2D eigenvalue weighted by Crippen LogP contribution is 2.24. The Balaban J connectivity index is 2.21. The van der Waals surface area contributed by atoms with Gasteiger partial charge in [0.25, 0.3) is 0 Å². The van der Waals surface area contributed by atoms with E-state index in [1.54, 1.807) is 6.20 Å². The maximum absolute atomic E-state index is 10.9. The molecular weight excluding hydrogens is 222 g/mol. The van der Waals surface area contributed by atoms with Crippen LogP contribution in [0.1, 0.15) is 10.5 Å². The number of benzene rings is 2. The quantitative estimate of drug-likeness (QED) is 0.631. The van der Waals surface area contributed by atoms with Gasteiger partial charge >= 0.3 is 0 Å². The summed E-state index contributed by atoms with van der Waals surface area (Å²) in [5.74, 6) is 0. The Morgan fingerprint density at radius 1 is 0.889 bits per heavy atom. The molecule has 0 radical (unpaired) electrons. The monoisotopic (exact) mass is 233 g/mol. The van der Waals surface area contributed by atoms with Gasteiger partial charge in [0.1, 0.15) is 5.69 Å². The second-order valence-corrected chi connectivity index (χ2v) is 4.12. The molecule has 2 heteroatoms. The molecule has 0 unspecified atom stereocenters. The van der Waals surface area contributed by atoms with Gasteiger partial charge in [0, 0.05) is 11.6 Å². The van der Waals surface area contributed by atoms with E-state index in [1.807, 2.05) is 36.4 Å². The highest BCUT2D eigenvalue weighted by molar-refractivity contribution is 5.97. The first-order valence-electron chi connectivity index (χ1n) is 5.78. The van der Waals surface area contributed by atoms with Gasteiger partial charge in [-0.2, -0.15) is 0 Å². The summed E-state index contributed by atoms with van der Waals surface area (Å²) >= 11 is 0. The molecule has 0 amide bonds. The normalized spacial score (nSPS) is 10.4. The maximum atomic E-state index is 10.9. The second-order valence-electron chi connectivity index (χ2n) is 4.12. The largest absolute Gasteiger partial charge is 0.296 e. The van der Waals surface area contributed by atoms with E-state index < -0.39 is 0 Å². The number of rotatable bonds is 2. The lowest BCUT2D eigenvalue weighted by molar-refractivity contribution is 0.112. The van der Waals surface area contributed by atoms with Gasteiger partial charge in [-0.25, -0.2) is 0 Å². The van der Waals surface area contributed by atoms with Crippen molar-refractivity contribution in [3.63, 3.8) is 0 Å². The molecule has 1 heterocycles. The summed E-state index contributed by atoms with van der Waals surface area (Å²) in [6.45, 7) is 0. The zero-order valence-electron chi connectivity index (χ0n) is 9.71. The van der Waals surface area contributed by atoms with Gasteiger partial charge in [0.05, 0.1) is 0 Å². The number of hydrogen-bond donors (Lipinski definition) is 0. The Labute approximate surface area is 105 Å². The van der Waals surface area contributed by atoms with Crippen molar-refractivity contribution >= 4 is 17.1 Å². The number of fused-ring (bicyclic) bond motifs is 1. The number of aldehydes is 1. The van der Waals surface area contributed by atoms with Crippen LogP contribution in [0.4, 0.5) is 0 Å². The third-order valence-electron chi connectivity index (χ3n) is 3.01. The molecule has 0 fully saturated rings. The predicted octanol–water partition coefficient (Wildman–Crippen LogP) is 3.71. The molecule has 0 atom stereocenters. The molecule has 0 aliphatic rings. The molecule has 0 spiro atoms. The van der Waals surface area contributed by atoms with E-state index in [-0.39, 0.29) is 0 Å². The van der Waals surface area contributed by atoms with Crippen LogP contribution >= 0.6 is 0 Å². The average Bonchev–Trinajstić information content (AvgIpc) is 2.47. The Morgan fingerprint density at radius 3 is 2.50 bits per heavy atom. The molecule has 0 saturated carbocycles. The smallest absolute Gasteiger partial charge is 0.169 e. The van der Waals surface area contributed by atoms with Crippen molar-refractivity contribution < 1.29 is 4.79 Å². The standard InChI is InChI=1S/C16H11NO/c18-11-16-15-7-6-13(10-14(15)8-9-17-16)12-4-2-1-3-5-12/h1-11H. The van der Waals surface area contributed by atoms with Gasteiger partial charge in [-0.15, -0.1) is 0 Å². The van der Waals surface area contributed by atoms with Crippen molar-refractivity contribution in [2.24, 2.45) is 0 Å². The molecule has 0 aliphatic heterocycles. The van der Waals surface area contributed by atoms with Crippen LogP contribution in [0.15, 0.2) is 60.8 Å². The Hall–Kier alpha value is -2.48. The number of pyridine rings is 1. The molecule has 18 heavy (non-hydrogen) atoms. The van der Waals surface area contributed by atoms with E-state index in [1.165, 1.54) is 5.56 Å². The number of carbonyl (C=O) groups is 1. The van der Waals surface area contributed by atoms with Crippen molar-refractivity contribution in [1.82, 2.24) is 4.98 Å². The Morgan fingerprint density at radius 2 is 1.72 bits per heavy atom.